The van der Waals surface area contributed by atoms with Crippen molar-refractivity contribution in [2.75, 3.05) is 5.32 Å². The number of carbonyl (C=O) groups excluding carboxylic acids is 2. The summed E-state index contributed by atoms with van der Waals surface area (Å²) in [6.07, 6.45) is 0. The Bertz CT molecular complexity index is 1240. The van der Waals surface area contributed by atoms with Gasteiger partial charge >= 0.3 is 0 Å². The molecule has 6 heteroatoms. The molecule has 0 saturated heterocycles. The van der Waals surface area contributed by atoms with Crippen LogP contribution in [0.25, 0.3) is 22.4 Å². The molecule has 0 fully saturated rings. The molecule has 0 saturated carbocycles. The number of Topliss-reactive ketones (excluding diaryl/α,β-unsaturated/α-hetero) is 1. The van der Waals surface area contributed by atoms with Crippen LogP contribution in [0.4, 0.5) is 5.69 Å². The first-order valence-corrected chi connectivity index (χ1v) is 9.19. The lowest BCUT2D eigenvalue weighted by atomic mass is 10.0. The van der Waals surface area contributed by atoms with Gasteiger partial charge in [0.2, 0.25) is 0 Å². The minimum absolute atomic E-state index is 0.0658. The topological polar surface area (TPSA) is 85.1 Å². The zero-order chi connectivity index (χ0) is 20.5. The molecule has 0 aliphatic rings. The van der Waals surface area contributed by atoms with Gasteiger partial charge in [0.1, 0.15) is 0 Å². The van der Waals surface area contributed by atoms with Crippen molar-refractivity contribution >= 4 is 28.5 Å². The number of nitrogens with zero attached hydrogens (tertiary/aromatic N) is 2. The third kappa shape index (κ3) is 3.65. The standard InChI is InChI=1S/C23H19N3O3/c1-13-7-9-16(10-8-13)20-12-19(21-14(2)26-29-23(21)25-20)22(28)24-18-6-4-5-17(11-18)15(3)27/h4-12H,1-3H3,(H,24,28). The number of nitrogens with one attached hydrogen (secondary N) is 1. The maximum atomic E-state index is 13.1. The van der Waals surface area contributed by atoms with Gasteiger partial charge in [0.25, 0.3) is 11.6 Å². The largest absolute Gasteiger partial charge is 0.335 e. The number of ketones is 1. The lowest BCUT2D eigenvalue weighted by Gasteiger charge is -2.09. The van der Waals surface area contributed by atoms with E-state index in [0.717, 1.165) is 11.1 Å². The first-order valence-electron chi connectivity index (χ1n) is 9.19. The Kier molecular flexibility index (Phi) is 4.68. The zero-order valence-electron chi connectivity index (χ0n) is 16.3. The number of carbonyl (C=O) groups is 2. The fraction of sp³-hybridized carbons (Fsp3) is 0.130. The summed E-state index contributed by atoms with van der Waals surface area (Å²) in [5, 5.41) is 7.40. The van der Waals surface area contributed by atoms with Crippen molar-refractivity contribution in [3.8, 4) is 11.3 Å². The number of rotatable bonds is 4. The minimum Gasteiger partial charge on any atom is -0.335 e. The Hall–Kier alpha value is -3.80. The highest BCUT2D eigenvalue weighted by Crippen LogP contribution is 2.28. The fourth-order valence-corrected chi connectivity index (χ4v) is 3.16. The molecule has 0 aliphatic heterocycles. The average molecular weight is 385 g/mol. The first-order chi connectivity index (χ1) is 13.9. The number of benzene rings is 2. The molecule has 2 heterocycles. The van der Waals surface area contributed by atoms with Crippen molar-refractivity contribution in [1.29, 1.82) is 0 Å². The van der Waals surface area contributed by atoms with E-state index in [1.54, 1.807) is 37.3 Å². The second-order valence-corrected chi connectivity index (χ2v) is 6.96. The van der Waals surface area contributed by atoms with Crippen molar-refractivity contribution in [2.45, 2.75) is 20.8 Å². The van der Waals surface area contributed by atoms with Gasteiger partial charge in [-0.2, -0.15) is 0 Å². The van der Waals surface area contributed by atoms with E-state index in [4.69, 9.17) is 4.52 Å². The van der Waals surface area contributed by atoms with E-state index in [2.05, 4.69) is 15.5 Å². The predicted octanol–water partition coefficient (Wildman–Crippen LogP) is 4.96. The van der Waals surface area contributed by atoms with Crippen molar-refractivity contribution in [1.82, 2.24) is 10.1 Å². The molecule has 2 aromatic carbocycles. The van der Waals surface area contributed by atoms with Crippen LogP contribution < -0.4 is 5.32 Å². The van der Waals surface area contributed by atoms with Crippen LogP contribution in [-0.2, 0) is 0 Å². The molecule has 0 atom stereocenters. The molecule has 6 nitrogen and oxygen atoms in total. The van der Waals surface area contributed by atoms with Gasteiger partial charge in [0.05, 0.1) is 22.3 Å². The molecule has 0 spiro atoms. The zero-order valence-corrected chi connectivity index (χ0v) is 16.3. The molecule has 29 heavy (non-hydrogen) atoms. The van der Waals surface area contributed by atoms with Crippen LogP contribution in [0, 0.1) is 13.8 Å². The summed E-state index contributed by atoms with van der Waals surface area (Å²) >= 11 is 0. The van der Waals surface area contributed by atoms with Crippen LogP contribution in [-0.4, -0.2) is 21.8 Å². The molecular weight excluding hydrogens is 366 g/mol. The highest BCUT2D eigenvalue weighted by molar-refractivity contribution is 6.13. The second kappa shape index (κ2) is 7.31. The Balaban J connectivity index is 1.78. The molecule has 144 valence electrons. The molecule has 4 aromatic rings. The molecule has 4 rings (SSSR count). The normalized spacial score (nSPS) is 10.9. The van der Waals surface area contributed by atoms with Gasteiger partial charge in [-0.3, -0.25) is 9.59 Å². The van der Waals surface area contributed by atoms with E-state index in [1.165, 1.54) is 6.92 Å². The lowest BCUT2D eigenvalue weighted by Crippen LogP contribution is -2.13. The van der Waals surface area contributed by atoms with Crippen molar-refractivity contribution in [3.05, 3.63) is 77.0 Å². The maximum Gasteiger partial charge on any atom is 0.259 e. The molecular formula is C23H19N3O3. The van der Waals surface area contributed by atoms with Crippen molar-refractivity contribution < 1.29 is 14.1 Å². The fourth-order valence-electron chi connectivity index (χ4n) is 3.16. The van der Waals surface area contributed by atoms with E-state index in [1.807, 2.05) is 31.2 Å². The number of anilines is 1. The monoisotopic (exact) mass is 385 g/mol. The average Bonchev–Trinajstić information content (AvgIpc) is 3.09. The number of hydrogen-bond donors (Lipinski definition) is 1. The van der Waals surface area contributed by atoms with Crippen LogP contribution in [0.1, 0.15) is 38.9 Å². The van der Waals surface area contributed by atoms with Gasteiger partial charge in [0.15, 0.2) is 5.78 Å². The van der Waals surface area contributed by atoms with Gasteiger partial charge in [-0.1, -0.05) is 47.1 Å². The number of pyridine rings is 1. The molecule has 0 radical (unpaired) electrons. The van der Waals surface area contributed by atoms with Crippen LogP contribution >= 0.6 is 0 Å². The van der Waals surface area contributed by atoms with Gasteiger partial charge in [0, 0.05) is 16.8 Å². The summed E-state index contributed by atoms with van der Waals surface area (Å²) in [7, 11) is 0. The number of aromatic nitrogens is 2. The molecule has 1 amide bonds. The van der Waals surface area contributed by atoms with Crippen molar-refractivity contribution in [3.63, 3.8) is 0 Å². The van der Waals surface area contributed by atoms with E-state index < -0.39 is 0 Å². The minimum atomic E-state index is -0.322. The highest BCUT2D eigenvalue weighted by Gasteiger charge is 2.19. The first kappa shape index (κ1) is 18.6. The number of aryl methyl sites for hydroxylation is 2. The van der Waals surface area contributed by atoms with Crippen LogP contribution in [0.2, 0.25) is 0 Å². The summed E-state index contributed by atoms with van der Waals surface area (Å²) in [6, 6.07) is 16.4. The number of hydrogen-bond acceptors (Lipinski definition) is 5. The van der Waals surface area contributed by atoms with Gasteiger partial charge in [-0.25, -0.2) is 4.98 Å². The number of amides is 1. The Labute approximate surface area is 167 Å². The van der Waals surface area contributed by atoms with Crippen LogP contribution in [0.15, 0.2) is 59.1 Å². The third-order valence-electron chi connectivity index (χ3n) is 4.74. The van der Waals surface area contributed by atoms with Crippen LogP contribution in [0.3, 0.4) is 0 Å². The molecule has 1 N–H and O–H groups in total. The molecule has 0 bridgehead atoms. The summed E-state index contributed by atoms with van der Waals surface area (Å²) in [6.45, 7) is 5.27. The van der Waals surface area contributed by atoms with E-state index in [-0.39, 0.29) is 11.7 Å². The van der Waals surface area contributed by atoms with E-state index in [9.17, 15) is 9.59 Å². The van der Waals surface area contributed by atoms with Gasteiger partial charge in [-0.05, 0) is 39.0 Å². The third-order valence-corrected chi connectivity index (χ3v) is 4.74. The van der Waals surface area contributed by atoms with Gasteiger partial charge in [-0.15, -0.1) is 0 Å². The SMILES string of the molecule is CC(=O)c1cccc(NC(=O)c2cc(-c3ccc(C)cc3)nc3onc(C)c23)c1. The Morgan fingerprint density at radius 1 is 1.00 bits per heavy atom. The van der Waals surface area contributed by atoms with E-state index in [0.29, 0.717) is 39.3 Å². The van der Waals surface area contributed by atoms with E-state index >= 15 is 0 Å². The molecule has 0 aliphatic carbocycles. The molecule has 0 unspecified atom stereocenters. The lowest BCUT2D eigenvalue weighted by molar-refractivity contribution is 0.101. The summed E-state index contributed by atoms with van der Waals surface area (Å²) in [5.74, 6) is -0.387. The quantitative estimate of drug-likeness (QED) is 0.502. The number of fused-ring (bicyclic) bond motifs is 1. The summed E-state index contributed by atoms with van der Waals surface area (Å²) < 4.78 is 5.34. The highest BCUT2D eigenvalue weighted by atomic mass is 16.5. The van der Waals surface area contributed by atoms with Crippen molar-refractivity contribution in [2.24, 2.45) is 0 Å². The maximum absolute atomic E-state index is 13.1. The molecule has 2 aromatic heterocycles. The van der Waals surface area contributed by atoms with Gasteiger partial charge < -0.3 is 9.84 Å². The Morgan fingerprint density at radius 3 is 2.48 bits per heavy atom. The summed E-state index contributed by atoms with van der Waals surface area (Å²) in [5.41, 5.74) is 5.01. The smallest absolute Gasteiger partial charge is 0.259 e. The van der Waals surface area contributed by atoms with Crippen LogP contribution in [0.5, 0.6) is 0 Å². The Morgan fingerprint density at radius 2 is 1.76 bits per heavy atom. The second-order valence-electron chi connectivity index (χ2n) is 6.96. The predicted molar refractivity (Wildman–Crippen MR) is 111 cm³/mol. The summed E-state index contributed by atoms with van der Waals surface area (Å²) in [4.78, 5) is 29.3.